The molecule has 0 aliphatic heterocycles. The Labute approximate surface area is 139 Å². The standard InChI is InChI=1S/C19H18N2O3/c1-13-7-8-15(24-13)11-12-20-18(22)16-9-10-17(21-19(16)23)14-5-3-2-4-6-14/h2-10H,11-12H2,1H3,(H,20,22)(H,21,23). The number of nitrogens with one attached hydrogen (secondary N) is 2. The summed E-state index contributed by atoms with van der Waals surface area (Å²) in [7, 11) is 0. The van der Waals surface area contributed by atoms with Crippen LogP contribution in [0.4, 0.5) is 0 Å². The van der Waals surface area contributed by atoms with Gasteiger partial charge in [-0.3, -0.25) is 9.59 Å². The van der Waals surface area contributed by atoms with Crippen LogP contribution < -0.4 is 10.9 Å². The van der Waals surface area contributed by atoms with Crippen LogP contribution in [-0.4, -0.2) is 17.4 Å². The zero-order chi connectivity index (χ0) is 16.9. The highest BCUT2D eigenvalue weighted by Crippen LogP contribution is 2.14. The van der Waals surface area contributed by atoms with E-state index in [0.717, 1.165) is 17.1 Å². The molecule has 1 amide bonds. The van der Waals surface area contributed by atoms with E-state index in [0.29, 0.717) is 18.7 Å². The number of aryl methyl sites for hydroxylation is 1. The van der Waals surface area contributed by atoms with Gasteiger partial charge >= 0.3 is 0 Å². The number of hydrogen-bond acceptors (Lipinski definition) is 3. The molecule has 0 aliphatic carbocycles. The van der Waals surface area contributed by atoms with Crippen molar-refractivity contribution in [2.24, 2.45) is 0 Å². The molecule has 0 saturated carbocycles. The Bertz CT molecular complexity index is 894. The molecular weight excluding hydrogens is 304 g/mol. The van der Waals surface area contributed by atoms with Crippen LogP contribution in [0.3, 0.4) is 0 Å². The van der Waals surface area contributed by atoms with Crippen molar-refractivity contribution in [1.82, 2.24) is 10.3 Å². The van der Waals surface area contributed by atoms with Crippen molar-refractivity contribution in [3.63, 3.8) is 0 Å². The van der Waals surface area contributed by atoms with Crippen molar-refractivity contribution < 1.29 is 9.21 Å². The van der Waals surface area contributed by atoms with Gasteiger partial charge in [0, 0.05) is 18.7 Å². The molecule has 5 heteroatoms. The van der Waals surface area contributed by atoms with Gasteiger partial charge < -0.3 is 14.7 Å². The molecule has 0 aliphatic rings. The Morgan fingerprint density at radius 3 is 2.54 bits per heavy atom. The third kappa shape index (κ3) is 3.63. The topological polar surface area (TPSA) is 75.1 Å². The second-order valence-corrected chi connectivity index (χ2v) is 5.50. The van der Waals surface area contributed by atoms with Gasteiger partial charge in [0.25, 0.3) is 11.5 Å². The highest BCUT2D eigenvalue weighted by molar-refractivity contribution is 5.94. The van der Waals surface area contributed by atoms with Crippen LogP contribution >= 0.6 is 0 Å². The lowest BCUT2D eigenvalue weighted by Gasteiger charge is -2.05. The van der Waals surface area contributed by atoms with Gasteiger partial charge in [-0.05, 0) is 36.8 Å². The summed E-state index contributed by atoms with van der Waals surface area (Å²) in [5, 5.41) is 2.74. The number of carbonyl (C=O) groups is 1. The smallest absolute Gasteiger partial charge is 0.261 e. The maximum atomic E-state index is 12.2. The van der Waals surface area contributed by atoms with Gasteiger partial charge in [-0.2, -0.15) is 0 Å². The number of aromatic amines is 1. The average Bonchev–Trinajstić information content (AvgIpc) is 3.00. The second kappa shape index (κ2) is 7.00. The first kappa shape index (κ1) is 15.8. The normalized spacial score (nSPS) is 10.5. The molecule has 0 atom stereocenters. The maximum absolute atomic E-state index is 12.2. The van der Waals surface area contributed by atoms with Gasteiger partial charge in [0.05, 0.1) is 0 Å². The molecule has 122 valence electrons. The molecular formula is C19H18N2O3. The summed E-state index contributed by atoms with van der Waals surface area (Å²) in [6.07, 6.45) is 0.583. The molecule has 0 radical (unpaired) electrons. The van der Waals surface area contributed by atoms with E-state index in [-0.39, 0.29) is 11.5 Å². The molecule has 0 fully saturated rings. The lowest BCUT2D eigenvalue weighted by atomic mass is 10.1. The van der Waals surface area contributed by atoms with Crippen molar-refractivity contribution in [3.8, 4) is 11.3 Å². The monoisotopic (exact) mass is 322 g/mol. The van der Waals surface area contributed by atoms with E-state index in [1.165, 1.54) is 0 Å². The molecule has 3 rings (SSSR count). The van der Waals surface area contributed by atoms with Crippen LogP contribution in [0.2, 0.25) is 0 Å². The van der Waals surface area contributed by atoms with Gasteiger partial charge in [0.2, 0.25) is 0 Å². The van der Waals surface area contributed by atoms with Crippen LogP contribution in [0.15, 0.2) is 63.8 Å². The number of amides is 1. The summed E-state index contributed by atoms with van der Waals surface area (Å²) in [6.45, 7) is 2.28. The summed E-state index contributed by atoms with van der Waals surface area (Å²) < 4.78 is 5.44. The van der Waals surface area contributed by atoms with Gasteiger partial charge in [0.1, 0.15) is 17.1 Å². The van der Waals surface area contributed by atoms with Gasteiger partial charge in [0.15, 0.2) is 0 Å². The minimum atomic E-state index is -0.400. The Balaban J connectivity index is 1.66. The second-order valence-electron chi connectivity index (χ2n) is 5.50. The Morgan fingerprint density at radius 1 is 1.08 bits per heavy atom. The highest BCUT2D eigenvalue weighted by atomic mass is 16.3. The summed E-state index contributed by atoms with van der Waals surface area (Å²) in [4.78, 5) is 27.1. The van der Waals surface area contributed by atoms with E-state index in [4.69, 9.17) is 4.42 Å². The molecule has 2 N–H and O–H groups in total. The first-order valence-corrected chi connectivity index (χ1v) is 7.76. The molecule has 5 nitrogen and oxygen atoms in total. The number of furan rings is 1. The van der Waals surface area contributed by atoms with E-state index in [9.17, 15) is 9.59 Å². The summed E-state index contributed by atoms with van der Waals surface area (Å²) in [5.74, 6) is 1.25. The molecule has 0 saturated heterocycles. The van der Waals surface area contributed by atoms with Crippen molar-refractivity contribution in [3.05, 3.63) is 82.0 Å². The third-order valence-electron chi connectivity index (χ3n) is 3.69. The maximum Gasteiger partial charge on any atom is 0.261 e. The number of hydrogen-bond donors (Lipinski definition) is 2. The van der Waals surface area contributed by atoms with Crippen molar-refractivity contribution >= 4 is 5.91 Å². The highest BCUT2D eigenvalue weighted by Gasteiger charge is 2.11. The fourth-order valence-corrected chi connectivity index (χ4v) is 2.45. The van der Waals surface area contributed by atoms with Crippen molar-refractivity contribution in [2.45, 2.75) is 13.3 Å². The Morgan fingerprint density at radius 2 is 1.88 bits per heavy atom. The molecule has 24 heavy (non-hydrogen) atoms. The molecule has 3 aromatic rings. The summed E-state index contributed by atoms with van der Waals surface area (Å²) in [6, 6.07) is 16.5. The van der Waals surface area contributed by atoms with E-state index < -0.39 is 5.56 Å². The number of carbonyl (C=O) groups excluding carboxylic acids is 1. The average molecular weight is 322 g/mol. The van der Waals surface area contributed by atoms with Gasteiger partial charge in [-0.15, -0.1) is 0 Å². The van der Waals surface area contributed by atoms with Crippen LogP contribution in [-0.2, 0) is 6.42 Å². The molecule has 2 heterocycles. The van der Waals surface area contributed by atoms with E-state index in [1.54, 1.807) is 12.1 Å². The van der Waals surface area contributed by atoms with E-state index in [2.05, 4.69) is 10.3 Å². The summed E-state index contributed by atoms with van der Waals surface area (Å²) >= 11 is 0. The van der Waals surface area contributed by atoms with Gasteiger partial charge in [-0.25, -0.2) is 0 Å². The predicted octanol–water partition coefficient (Wildman–Crippen LogP) is 2.92. The SMILES string of the molecule is Cc1ccc(CCNC(=O)c2ccc(-c3ccccc3)[nH]c2=O)o1. The van der Waals surface area contributed by atoms with Crippen LogP contribution in [0.1, 0.15) is 21.9 Å². The number of pyridine rings is 1. The molecule has 0 spiro atoms. The Kier molecular flexibility index (Phi) is 4.61. The minimum absolute atomic E-state index is 0.102. The van der Waals surface area contributed by atoms with E-state index >= 15 is 0 Å². The molecule has 0 unspecified atom stereocenters. The number of rotatable bonds is 5. The zero-order valence-electron chi connectivity index (χ0n) is 13.3. The predicted molar refractivity (Wildman–Crippen MR) is 92.0 cm³/mol. The molecule has 1 aromatic carbocycles. The first-order valence-electron chi connectivity index (χ1n) is 7.76. The Hall–Kier alpha value is -3.08. The number of aromatic nitrogens is 1. The van der Waals surface area contributed by atoms with Crippen LogP contribution in [0.5, 0.6) is 0 Å². The molecule has 0 bridgehead atoms. The van der Waals surface area contributed by atoms with Gasteiger partial charge in [-0.1, -0.05) is 30.3 Å². The molecule has 2 aromatic heterocycles. The zero-order valence-corrected chi connectivity index (χ0v) is 13.3. The quantitative estimate of drug-likeness (QED) is 0.758. The fraction of sp³-hybridized carbons (Fsp3) is 0.158. The van der Waals surface area contributed by atoms with Crippen molar-refractivity contribution in [2.75, 3.05) is 6.54 Å². The largest absolute Gasteiger partial charge is 0.466 e. The van der Waals surface area contributed by atoms with Crippen molar-refractivity contribution in [1.29, 1.82) is 0 Å². The van der Waals surface area contributed by atoms with Crippen LogP contribution in [0, 0.1) is 6.92 Å². The lowest BCUT2D eigenvalue weighted by Crippen LogP contribution is -2.31. The van der Waals surface area contributed by atoms with E-state index in [1.807, 2.05) is 49.4 Å². The third-order valence-corrected chi connectivity index (χ3v) is 3.69. The number of H-pyrrole nitrogens is 1. The first-order chi connectivity index (χ1) is 11.6. The minimum Gasteiger partial charge on any atom is -0.466 e. The fourth-order valence-electron chi connectivity index (χ4n) is 2.45. The number of benzene rings is 1. The lowest BCUT2D eigenvalue weighted by molar-refractivity contribution is 0.0952. The van der Waals surface area contributed by atoms with Crippen LogP contribution in [0.25, 0.3) is 11.3 Å². The summed E-state index contributed by atoms with van der Waals surface area (Å²) in [5.41, 5.74) is 1.28.